The number of aliphatic hydroxyl groups excluding tert-OH is 1. The molecule has 0 radical (unpaired) electrons. The molecule has 0 saturated heterocycles. The molecule has 0 aromatic carbocycles. The van der Waals surface area contributed by atoms with Gasteiger partial charge in [0.25, 0.3) is 0 Å². The van der Waals surface area contributed by atoms with E-state index in [0.717, 1.165) is 0 Å². The first kappa shape index (κ1) is 16.2. The molecule has 0 heterocycles. The maximum Gasteiger partial charge on any atom is 2.00 e. The minimum absolute atomic E-state index is 0. The van der Waals surface area contributed by atoms with E-state index in [2.05, 4.69) is 0 Å². The van der Waals surface area contributed by atoms with Crippen molar-refractivity contribution >= 4 is 43.7 Å². The van der Waals surface area contributed by atoms with Gasteiger partial charge in [0.05, 0.1) is 0 Å². The summed E-state index contributed by atoms with van der Waals surface area (Å²) in [5.41, 5.74) is 0. The zero-order valence-electron chi connectivity index (χ0n) is 6.59. The van der Waals surface area contributed by atoms with Crippen molar-refractivity contribution in [3.05, 3.63) is 0 Å². The summed E-state index contributed by atoms with van der Waals surface area (Å²) in [6.45, 7) is 1.20. The third kappa shape index (κ3) is 10.4. The number of carboxylic acid groups (broad SMARTS) is 1. The van der Waals surface area contributed by atoms with E-state index in [9.17, 15) is 4.79 Å². The van der Waals surface area contributed by atoms with Crippen LogP contribution >= 0.6 is 0 Å². The number of hydrogen-bond acceptors (Lipinski definition) is 2. The Morgan fingerprint density at radius 3 is 1.88 bits per heavy atom. The number of aliphatic hydroxyl groups is 1. The summed E-state index contributed by atoms with van der Waals surface area (Å²) >= 11 is 0. The van der Waals surface area contributed by atoms with Crippen LogP contribution in [0.4, 0.5) is 0 Å². The molecule has 44 valence electrons. The van der Waals surface area contributed by atoms with E-state index in [-0.39, 0.29) is 62.3 Å². The predicted molar refractivity (Wildman–Crippen MR) is 27.3 cm³/mol. The van der Waals surface area contributed by atoms with Gasteiger partial charge in [0.15, 0.2) is 0 Å². The van der Waals surface area contributed by atoms with Gasteiger partial charge in [-0.3, -0.25) is 0 Å². The number of carbonyl (C=O) groups is 1. The molecule has 0 spiro atoms. The maximum absolute atomic E-state index is 9.45. The predicted octanol–water partition coefficient (Wildman–Crippen LogP) is -0.706. The number of hydrogen-bond donors (Lipinski definition) is 2. The molecule has 0 bridgehead atoms. The first-order valence-electron chi connectivity index (χ1n) is 1.55. The minimum Gasteiger partial charge on any atom is -1.00 e. The van der Waals surface area contributed by atoms with Gasteiger partial charge < -0.3 is 13.1 Å². The van der Waals surface area contributed by atoms with Crippen molar-refractivity contribution in [2.45, 2.75) is 13.0 Å². The van der Waals surface area contributed by atoms with E-state index in [4.69, 9.17) is 10.2 Å². The molecule has 0 aliphatic heterocycles. The Kier molecular flexibility index (Phi) is 17.0. The second kappa shape index (κ2) is 8.40. The van der Waals surface area contributed by atoms with Crippen LogP contribution in [0, 0.1) is 0 Å². The average molecular weight is 180 g/mol. The molecule has 3 nitrogen and oxygen atoms in total. The largest absolute Gasteiger partial charge is 2.00 e. The summed E-state index contributed by atoms with van der Waals surface area (Å²) in [7, 11) is 0. The van der Waals surface area contributed by atoms with Crippen LogP contribution in [-0.2, 0) is 26.5 Å². The molecule has 1 unspecified atom stereocenters. The molecule has 0 rings (SSSR count). The van der Waals surface area contributed by atoms with Gasteiger partial charge in [0.1, 0.15) is 6.10 Å². The van der Waals surface area contributed by atoms with Gasteiger partial charge in [0.2, 0.25) is 0 Å². The number of rotatable bonds is 1. The standard InChI is InChI=1S/C3H6O3.Ca.Ti.2H/c1-2(4)3(5)6;;;;/h2,4H,1H3,(H,5,6);;;;/q;+2;;2*-1. The van der Waals surface area contributed by atoms with Crippen molar-refractivity contribution in [1.82, 2.24) is 0 Å². The molecular weight excluding hydrogens is 172 g/mol. The third-order valence-electron chi connectivity index (χ3n) is 0.357. The van der Waals surface area contributed by atoms with E-state index in [1.165, 1.54) is 6.92 Å². The molecule has 0 aromatic rings. The maximum atomic E-state index is 9.45. The molecule has 5 heteroatoms. The van der Waals surface area contributed by atoms with Crippen molar-refractivity contribution in [2.75, 3.05) is 0 Å². The molecule has 0 fully saturated rings. The summed E-state index contributed by atoms with van der Waals surface area (Å²) in [6.07, 6.45) is -1.23. The fourth-order valence-electron chi connectivity index (χ4n) is 0. The quantitative estimate of drug-likeness (QED) is 0.524. The molecular formula is C3H8CaO3Ti. The van der Waals surface area contributed by atoms with Crippen molar-refractivity contribution < 1.29 is 39.6 Å². The van der Waals surface area contributed by atoms with Crippen LogP contribution < -0.4 is 0 Å². The fourth-order valence-corrected chi connectivity index (χ4v) is 0. The van der Waals surface area contributed by atoms with Crippen LogP contribution in [-0.4, -0.2) is 60.0 Å². The van der Waals surface area contributed by atoms with E-state index < -0.39 is 12.1 Å². The summed E-state index contributed by atoms with van der Waals surface area (Å²) < 4.78 is 0. The third-order valence-corrected chi connectivity index (χ3v) is 0.357. The zero-order chi connectivity index (χ0) is 5.15. The molecule has 2 N–H and O–H groups in total. The zero-order valence-corrected chi connectivity index (χ0v) is 8.36. The van der Waals surface area contributed by atoms with Gasteiger partial charge in [-0.1, -0.05) is 0 Å². The summed E-state index contributed by atoms with van der Waals surface area (Å²) in [6, 6.07) is 0. The van der Waals surface area contributed by atoms with Gasteiger partial charge >= 0.3 is 43.7 Å². The Morgan fingerprint density at radius 2 is 1.88 bits per heavy atom. The van der Waals surface area contributed by atoms with Gasteiger partial charge in [-0.25, -0.2) is 4.79 Å². The Labute approximate surface area is 95.3 Å². The smallest absolute Gasteiger partial charge is 1.00 e. The van der Waals surface area contributed by atoms with Crippen LogP contribution in [0.5, 0.6) is 0 Å². The van der Waals surface area contributed by atoms with Crippen molar-refractivity contribution in [2.24, 2.45) is 0 Å². The second-order valence-electron chi connectivity index (χ2n) is 1.01. The molecule has 0 aromatic heterocycles. The average Bonchev–Trinajstić information content (AvgIpc) is 1.36. The van der Waals surface area contributed by atoms with Crippen LogP contribution in [0.1, 0.15) is 9.78 Å². The van der Waals surface area contributed by atoms with Gasteiger partial charge in [0, 0.05) is 21.7 Å². The topological polar surface area (TPSA) is 57.5 Å². The Morgan fingerprint density at radius 1 is 1.75 bits per heavy atom. The fraction of sp³-hybridized carbons (Fsp3) is 0.667. The van der Waals surface area contributed by atoms with Crippen LogP contribution in [0.25, 0.3) is 0 Å². The molecule has 8 heavy (non-hydrogen) atoms. The van der Waals surface area contributed by atoms with Gasteiger partial charge in [-0.15, -0.1) is 0 Å². The van der Waals surface area contributed by atoms with Crippen LogP contribution in [0.2, 0.25) is 0 Å². The summed E-state index contributed by atoms with van der Waals surface area (Å²) in [5.74, 6) is -1.19. The van der Waals surface area contributed by atoms with E-state index >= 15 is 0 Å². The van der Waals surface area contributed by atoms with Crippen molar-refractivity contribution in [3.8, 4) is 0 Å². The van der Waals surface area contributed by atoms with Gasteiger partial charge in [-0.05, 0) is 6.92 Å². The first-order valence-corrected chi connectivity index (χ1v) is 1.55. The van der Waals surface area contributed by atoms with E-state index in [0.29, 0.717) is 0 Å². The monoisotopic (exact) mass is 180 g/mol. The normalized spacial score (nSPS) is 10.2. The molecule has 0 aliphatic rings. The Bertz CT molecular complexity index is 72.8. The Balaban J connectivity index is -0.0000000208. The van der Waals surface area contributed by atoms with Gasteiger partial charge in [-0.2, -0.15) is 0 Å². The summed E-state index contributed by atoms with van der Waals surface area (Å²) in [5, 5.41) is 15.8. The number of carboxylic acids is 1. The van der Waals surface area contributed by atoms with E-state index in [1.54, 1.807) is 0 Å². The van der Waals surface area contributed by atoms with Crippen LogP contribution in [0.15, 0.2) is 0 Å². The van der Waals surface area contributed by atoms with Crippen LogP contribution in [0.3, 0.4) is 0 Å². The minimum atomic E-state index is -1.23. The molecule has 0 amide bonds. The molecule has 0 saturated carbocycles. The summed E-state index contributed by atoms with van der Waals surface area (Å²) in [4.78, 5) is 9.45. The number of aliphatic carboxylic acids is 1. The SMILES string of the molecule is CC(O)C(=O)O.[Ca+2].[H-].[H-].[Ti]. The van der Waals surface area contributed by atoms with E-state index in [1.807, 2.05) is 0 Å². The molecule has 1 atom stereocenters. The first-order chi connectivity index (χ1) is 2.64. The van der Waals surface area contributed by atoms with Crippen molar-refractivity contribution in [3.63, 3.8) is 0 Å². The Hall–Kier alpha value is 1.40. The molecule has 0 aliphatic carbocycles. The van der Waals surface area contributed by atoms with Crippen molar-refractivity contribution in [1.29, 1.82) is 0 Å². The second-order valence-corrected chi connectivity index (χ2v) is 1.01.